The number of fused-ring (bicyclic) bond motifs is 1. The van der Waals surface area contributed by atoms with E-state index in [9.17, 15) is 12.8 Å². The Hall–Kier alpha value is -2.12. The molecule has 116 valence electrons. The molecule has 2 aromatic rings. The van der Waals surface area contributed by atoms with Crippen molar-refractivity contribution in [3.05, 3.63) is 53.3 Å². The van der Waals surface area contributed by atoms with Gasteiger partial charge >= 0.3 is 0 Å². The molecule has 22 heavy (non-hydrogen) atoms. The Morgan fingerprint density at radius 1 is 1.14 bits per heavy atom. The van der Waals surface area contributed by atoms with Crippen molar-refractivity contribution in [2.45, 2.75) is 18.4 Å². The second kappa shape index (κ2) is 5.58. The van der Waals surface area contributed by atoms with E-state index in [0.717, 1.165) is 11.6 Å². The standard InChI is InChI=1S/C15H14FNO4S/c1-10-2-4-12(16)7-15(10)22(18,19)17-8-11-3-5-13-14(6-11)21-9-20-13/h2-7,17H,8-9H2,1H3. The Kier molecular flexibility index (Phi) is 3.76. The van der Waals surface area contributed by atoms with Crippen LogP contribution in [0.1, 0.15) is 11.1 Å². The van der Waals surface area contributed by atoms with Crippen molar-refractivity contribution in [3.63, 3.8) is 0 Å². The average Bonchev–Trinajstić information content (AvgIpc) is 2.95. The molecule has 5 nitrogen and oxygen atoms in total. The van der Waals surface area contributed by atoms with Crippen LogP contribution in [0.2, 0.25) is 0 Å². The molecule has 0 unspecified atom stereocenters. The number of benzene rings is 2. The van der Waals surface area contributed by atoms with E-state index in [2.05, 4.69) is 4.72 Å². The van der Waals surface area contributed by atoms with Crippen molar-refractivity contribution in [1.82, 2.24) is 4.72 Å². The van der Waals surface area contributed by atoms with Gasteiger partial charge in [0.2, 0.25) is 16.8 Å². The van der Waals surface area contributed by atoms with Crippen LogP contribution < -0.4 is 14.2 Å². The smallest absolute Gasteiger partial charge is 0.241 e. The van der Waals surface area contributed by atoms with Gasteiger partial charge in [-0.1, -0.05) is 12.1 Å². The minimum atomic E-state index is -3.79. The number of hydrogen-bond acceptors (Lipinski definition) is 4. The second-order valence-corrected chi connectivity index (χ2v) is 6.66. The summed E-state index contributed by atoms with van der Waals surface area (Å²) in [6.07, 6.45) is 0. The van der Waals surface area contributed by atoms with E-state index in [4.69, 9.17) is 9.47 Å². The molecule has 0 atom stereocenters. The van der Waals surface area contributed by atoms with E-state index in [-0.39, 0.29) is 18.2 Å². The first kappa shape index (κ1) is 14.8. The van der Waals surface area contributed by atoms with Gasteiger partial charge in [0.15, 0.2) is 11.5 Å². The zero-order valence-electron chi connectivity index (χ0n) is 11.8. The van der Waals surface area contributed by atoms with E-state index < -0.39 is 15.8 Å². The molecular weight excluding hydrogens is 309 g/mol. The van der Waals surface area contributed by atoms with Crippen molar-refractivity contribution in [2.75, 3.05) is 6.79 Å². The number of hydrogen-bond donors (Lipinski definition) is 1. The van der Waals surface area contributed by atoms with E-state index in [1.807, 2.05) is 0 Å². The van der Waals surface area contributed by atoms with Gasteiger partial charge in [-0.05, 0) is 42.3 Å². The number of nitrogens with one attached hydrogen (secondary N) is 1. The van der Waals surface area contributed by atoms with Gasteiger partial charge in [0.25, 0.3) is 0 Å². The van der Waals surface area contributed by atoms with Crippen LogP contribution in [0.3, 0.4) is 0 Å². The predicted octanol–water partition coefficient (Wildman–Crippen LogP) is 2.34. The lowest BCUT2D eigenvalue weighted by atomic mass is 10.2. The molecule has 0 saturated carbocycles. The molecule has 7 heteroatoms. The first-order valence-corrected chi connectivity index (χ1v) is 8.08. The first-order valence-electron chi connectivity index (χ1n) is 6.60. The van der Waals surface area contributed by atoms with Gasteiger partial charge in [-0.3, -0.25) is 0 Å². The first-order chi connectivity index (χ1) is 10.5. The lowest BCUT2D eigenvalue weighted by molar-refractivity contribution is 0.174. The second-order valence-electron chi connectivity index (χ2n) is 4.92. The van der Waals surface area contributed by atoms with Gasteiger partial charge in [-0.2, -0.15) is 0 Å². The Morgan fingerprint density at radius 3 is 2.73 bits per heavy atom. The highest BCUT2D eigenvalue weighted by Crippen LogP contribution is 2.32. The van der Waals surface area contributed by atoms with E-state index in [0.29, 0.717) is 17.1 Å². The number of aryl methyl sites for hydroxylation is 1. The van der Waals surface area contributed by atoms with Crippen LogP contribution in [0.5, 0.6) is 11.5 Å². The fraction of sp³-hybridized carbons (Fsp3) is 0.200. The summed E-state index contributed by atoms with van der Waals surface area (Å²) < 4.78 is 50.7. The normalized spacial score (nSPS) is 13.4. The summed E-state index contributed by atoms with van der Waals surface area (Å²) in [5.74, 6) is 0.625. The Morgan fingerprint density at radius 2 is 1.91 bits per heavy atom. The third-order valence-corrected chi connectivity index (χ3v) is 4.89. The maximum atomic E-state index is 13.3. The molecule has 1 aliphatic rings. The van der Waals surface area contributed by atoms with Crippen LogP contribution in [0.15, 0.2) is 41.3 Å². The number of halogens is 1. The maximum Gasteiger partial charge on any atom is 0.241 e. The number of rotatable bonds is 4. The third kappa shape index (κ3) is 2.90. The highest BCUT2D eigenvalue weighted by Gasteiger charge is 2.18. The Balaban J connectivity index is 1.79. The highest BCUT2D eigenvalue weighted by molar-refractivity contribution is 7.89. The van der Waals surface area contributed by atoms with Crippen molar-refractivity contribution >= 4 is 10.0 Å². The fourth-order valence-corrected chi connectivity index (χ4v) is 3.44. The van der Waals surface area contributed by atoms with Crippen molar-refractivity contribution < 1.29 is 22.3 Å². The molecule has 2 aromatic carbocycles. The lowest BCUT2D eigenvalue weighted by Crippen LogP contribution is -2.24. The van der Waals surface area contributed by atoms with E-state index in [1.165, 1.54) is 12.1 Å². The largest absolute Gasteiger partial charge is 0.454 e. The Bertz CT molecular complexity index is 820. The van der Waals surface area contributed by atoms with Gasteiger partial charge in [0, 0.05) is 6.54 Å². The highest BCUT2D eigenvalue weighted by atomic mass is 32.2. The summed E-state index contributed by atoms with van der Waals surface area (Å²) in [7, 11) is -3.79. The minimum Gasteiger partial charge on any atom is -0.454 e. The van der Waals surface area contributed by atoms with Crippen LogP contribution in [0.25, 0.3) is 0 Å². The van der Waals surface area contributed by atoms with Crippen LogP contribution in [-0.2, 0) is 16.6 Å². The number of sulfonamides is 1. The minimum absolute atomic E-state index is 0.0618. The van der Waals surface area contributed by atoms with Crippen LogP contribution >= 0.6 is 0 Å². The molecule has 0 bridgehead atoms. The molecule has 0 aromatic heterocycles. The quantitative estimate of drug-likeness (QED) is 0.938. The molecule has 0 fully saturated rings. The van der Waals surface area contributed by atoms with Crippen molar-refractivity contribution in [3.8, 4) is 11.5 Å². The van der Waals surface area contributed by atoms with Gasteiger partial charge in [0.05, 0.1) is 4.90 Å². The summed E-state index contributed by atoms with van der Waals surface area (Å²) in [6.45, 7) is 1.86. The molecule has 0 aliphatic carbocycles. The van der Waals surface area contributed by atoms with Crippen LogP contribution in [-0.4, -0.2) is 15.2 Å². The van der Waals surface area contributed by atoms with E-state index in [1.54, 1.807) is 25.1 Å². The maximum absolute atomic E-state index is 13.3. The molecular formula is C15H14FNO4S. The average molecular weight is 323 g/mol. The Labute approximate surface area is 127 Å². The number of ether oxygens (including phenoxy) is 2. The van der Waals surface area contributed by atoms with Crippen LogP contribution in [0.4, 0.5) is 4.39 Å². The third-order valence-electron chi connectivity index (χ3n) is 3.34. The SMILES string of the molecule is Cc1ccc(F)cc1S(=O)(=O)NCc1ccc2c(c1)OCO2. The molecule has 1 heterocycles. The zero-order valence-corrected chi connectivity index (χ0v) is 12.6. The van der Waals surface area contributed by atoms with Gasteiger partial charge in [-0.25, -0.2) is 17.5 Å². The van der Waals surface area contributed by atoms with Gasteiger partial charge < -0.3 is 9.47 Å². The topological polar surface area (TPSA) is 64.6 Å². The lowest BCUT2D eigenvalue weighted by Gasteiger charge is -2.10. The predicted molar refractivity (Wildman–Crippen MR) is 77.7 cm³/mol. The summed E-state index contributed by atoms with van der Waals surface area (Å²) in [5.41, 5.74) is 1.21. The molecule has 0 spiro atoms. The summed E-state index contributed by atoms with van der Waals surface area (Å²) in [5, 5.41) is 0. The molecule has 0 amide bonds. The monoisotopic (exact) mass is 323 g/mol. The molecule has 1 N–H and O–H groups in total. The van der Waals surface area contributed by atoms with Crippen molar-refractivity contribution in [2.24, 2.45) is 0 Å². The zero-order chi connectivity index (χ0) is 15.7. The summed E-state index contributed by atoms with van der Waals surface area (Å²) in [4.78, 5) is -0.0618. The van der Waals surface area contributed by atoms with Crippen molar-refractivity contribution in [1.29, 1.82) is 0 Å². The molecule has 0 saturated heterocycles. The van der Waals surface area contributed by atoms with Crippen LogP contribution in [0, 0.1) is 12.7 Å². The van der Waals surface area contributed by atoms with Gasteiger partial charge in [-0.15, -0.1) is 0 Å². The van der Waals surface area contributed by atoms with Gasteiger partial charge in [0.1, 0.15) is 5.82 Å². The molecule has 0 radical (unpaired) electrons. The summed E-state index contributed by atoms with van der Waals surface area (Å²) >= 11 is 0. The molecule has 1 aliphatic heterocycles. The molecule has 3 rings (SSSR count). The van der Waals surface area contributed by atoms with E-state index >= 15 is 0 Å². The summed E-state index contributed by atoms with van der Waals surface area (Å²) in [6, 6.07) is 8.85. The fourth-order valence-electron chi connectivity index (χ4n) is 2.17.